The number of pyridine rings is 1. The van der Waals surface area contributed by atoms with Crippen LogP contribution < -0.4 is 5.32 Å². The van der Waals surface area contributed by atoms with E-state index in [1.807, 2.05) is 18.2 Å². The second-order valence-electron chi connectivity index (χ2n) is 3.67. The lowest BCUT2D eigenvalue weighted by atomic mass is 10.3. The van der Waals surface area contributed by atoms with Crippen LogP contribution in [0.5, 0.6) is 0 Å². The third kappa shape index (κ3) is 2.56. The zero-order chi connectivity index (χ0) is 11.4. The number of carbonyl (C=O) groups is 2. The van der Waals surface area contributed by atoms with Gasteiger partial charge in [0.15, 0.2) is 5.78 Å². The van der Waals surface area contributed by atoms with E-state index in [1.165, 1.54) is 0 Å². The first-order valence-electron chi connectivity index (χ1n) is 5.20. The van der Waals surface area contributed by atoms with Crippen molar-refractivity contribution in [3.8, 4) is 0 Å². The lowest BCUT2D eigenvalue weighted by molar-refractivity contribution is -0.127. The van der Waals surface area contributed by atoms with Gasteiger partial charge < -0.3 is 10.2 Å². The quantitative estimate of drug-likeness (QED) is 0.739. The number of rotatable bonds is 4. The molecule has 0 aliphatic carbocycles. The van der Waals surface area contributed by atoms with E-state index in [2.05, 4.69) is 10.3 Å². The fourth-order valence-electron chi connectivity index (χ4n) is 1.63. The van der Waals surface area contributed by atoms with Gasteiger partial charge in [-0.3, -0.25) is 9.59 Å². The normalized spacial score (nSPS) is 15.6. The summed E-state index contributed by atoms with van der Waals surface area (Å²) in [6, 6.07) is 5.59. The molecule has 0 aromatic carbocycles. The van der Waals surface area contributed by atoms with Gasteiger partial charge in [0, 0.05) is 19.3 Å². The highest BCUT2D eigenvalue weighted by Crippen LogP contribution is 2.06. The van der Waals surface area contributed by atoms with Gasteiger partial charge in [0.25, 0.3) is 0 Å². The molecule has 1 aliphatic heterocycles. The zero-order valence-corrected chi connectivity index (χ0v) is 8.85. The maximum absolute atomic E-state index is 11.3. The molecular weight excluding hydrogens is 206 g/mol. The molecule has 0 saturated carbocycles. The SMILES string of the molecule is O=C1CC(=O)N(CCNc2ccccn2)C1. The van der Waals surface area contributed by atoms with Crippen LogP contribution in [0.2, 0.25) is 0 Å². The first-order valence-corrected chi connectivity index (χ1v) is 5.20. The molecule has 5 heteroatoms. The van der Waals surface area contributed by atoms with E-state index < -0.39 is 0 Å². The first kappa shape index (κ1) is 10.6. The van der Waals surface area contributed by atoms with Crippen molar-refractivity contribution in [3.63, 3.8) is 0 Å². The topological polar surface area (TPSA) is 62.3 Å². The average Bonchev–Trinajstić information content (AvgIpc) is 2.59. The summed E-state index contributed by atoms with van der Waals surface area (Å²) >= 11 is 0. The Labute approximate surface area is 93.5 Å². The van der Waals surface area contributed by atoms with Gasteiger partial charge in [0.2, 0.25) is 5.91 Å². The molecule has 1 saturated heterocycles. The first-order chi connectivity index (χ1) is 7.75. The number of nitrogens with zero attached hydrogens (tertiary/aromatic N) is 2. The van der Waals surface area contributed by atoms with Crippen LogP contribution in [-0.2, 0) is 9.59 Å². The Morgan fingerprint density at radius 1 is 1.38 bits per heavy atom. The van der Waals surface area contributed by atoms with E-state index in [0.717, 1.165) is 5.82 Å². The van der Waals surface area contributed by atoms with Crippen LogP contribution in [0.4, 0.5) is 5.82 Å². The van der Waals surface area contributed by atoms with Crippen molar-refractivity contribution in [2.75, 3.05) is 25.0 Å². The molecule has 0 spiro atoms. The third-order valence-electron chi connectivity index (χ3n) is 2.42. The number of ketones is 1. The maximum atomic E-state index is 11.3. The minimum atomic E-state index is -0.0761. The lowest BCUT2D eigenvalue weighted by Gasteiger charge is -2.14. The van der Waals surface area contributed by atoms with Crippen molar-refractivity contribution in [2.45, 2.75) is 6.42 Å². The van der Waals surface area contributed by atoms with Crippen molar-refractivity contribution in [3.05, 3.63) is 24.4 Å². The number of hydrogen-bond acceptors (Lipinski definition) is 4. The Morgan fingerprint density at radius 3 is 2.88 bits per heavy atom. The minimum absolute atomic E-state index is 0.00263. The molecule has 2 heterocycles. The second kappa shape index (κ2) is 4.74. The van der Waals surface area contributed by atoms with E-state index in [-0.39, 0.29) is 24.7 Å². The van der Waals surface area contributed by atoms with Crippen LogP contribution in [0.15, 0.2) is 24.4 Å². The monoisotopic (exact) mass is 219 g/mol. The van der Waals surface area contributed by atoms with Crippen LogP contribution in [0, 0.1) is 0 Å². The summed E-state index contributed by atoms with van der Waals surface area (Å²) in [5.74, 6) is 0.705. The van der Waals surface area contributed by atoms with E-state index in [9.17, 15) is 9.59 Å². The van der Waals surface area contributed by atoms with Crippen molar-refractivity contribution in [1.82, 2.24) is 9.88 Å². The van der Waals surface area contributed by atoms with Gasteiger partial charge in [-0.1, -0.05) is 6.07 Å². The van der Waals surface area contributed by atoms with Gasteiger partial charge >= 0.3 is 0 Å². The molecule has 1 aromatic rings. The fourth-order valence-corrected chi connectivity index (χ4v) is 1.63. The van der Waals surface area contributed by atoms with Crippen molar-refractivity contribution in [1.29, 1.82) is 0 Å². The predicted molar refractivity (Wildman–Crippen MR) is 58.9 cm³/mol. The van der Waals surface area contributed by atoms with Gasteiger partial charge in [-0.2, -0.15) is 0 Å². The highest BCUT2D eigenvalue weighted by molar-refractivity contribution is 6.05. The average molecular weight is 219 g/mol. The summed E-state index contributed by atoms with van der Waals surface area (Å²) in [5, 5.41) is 3.09. The van der Waals surface area contributed by atoms with E-state index in [1.54, 1.807) is 11.1 Å². The Bertz CT molecular complexity index is 391. The molecule has 0 radical (unpaired) electrons. The summed E-state index contributed by atoms with van der Waals surface area (Å²) < 4.78 is 0. The molecule has 2 rings (SSSR count). The molecule has 0 bridgehead atoms. The minimum Gasteiger partial charge on any atom is -0.368 e. The summed E-state index contributed by atoms with van der Waals surface area (Å²) in [6.07, 6.45) is 1.76. The second-order valence-corrected chi connectivity index (χ2v) is 3.67. The predicted octanol–water partition coefficient (Wildman–Crippen LogP) is 0.295. The molecule has 16 heavy (non-hydrogen) atoms. The van der Waals surface area contributed by atoms with Crippen LogP contribution in [0.1, 0.15) is 6.42 Å². The Hall–Kier alpha value is -1.91. The molecule has 5 nitrogen and oxygen atoms in total. The number of Topliss-reactive ketones (excluding diaryl/α,β-unsaturated/α-hetero) is 1. The lowest BCUT2D eigenvalue weighted by Crippen LogP contribution is -2.30. The summed E-state index contributed by atoms with van der Waals surface area (Å²) in [7, 11) is 0. The molecule has 84 valence electrons. The number of nitrogens with one attached hydrogen (secondary N) is 1. The maximum Gasteiger partial charge on any atom is 0.230 e. The molecule has 1 amide bonds. The Balaban J connectivity index is 1.76. The highest BCUT2D eigenvalue weighted by Gasteiger charge is 2.26. The molecule has 1 aliphatic rings. The van der Waals surface area contributed by atoms with Crippen molar-refractivity contribution < 1.29 is 9.59 Å². The summed E-state index contributed by atoms with van der Waals surface area (Å²) in [6.45, 7) is 1.40. The van der Waals surface area contributed by atoms with E-state index in [0.29, 0.717) is 13.1 Å². The van der Waals surface area contributed by atoms with Crippen molar-refractivity contribution >= 4 is 17.5 Å². The van der Waals surface area contributed by atoms with Crippen LogP contribution in [0.3, 0.4) is 0 Å². The number of amides is 1. The summed E-state index contributed by atoms with van der Waals surface area (Å²) in [5.41, 5.74) is 0. The van der Waals surface area contributed by atoms with Crippen molar-refractivity contribution in [2.24, 2.45) is 0 Å². The molecular formula is C11H13N3O2. The van der Waals surface area contributed by atoms with Crippen LogP contribution >= 0.6 is 0 Å². The molecule has 0 unspecified atom stereocenters. The number of carbonyl (C=O) groups excluding carboxylic acids is 2. The van der Waals surface area contributed by atoms with Crippen LogP contribution in [0.25, 0.3) is 0 Å². The van der Waals surface area contributed by atoms with E-state index in [4.69, 9.17) is 0 Å². The van der Waals surface area contributed by atoms with Gasteiger partial charge in [-0.25, -0.2) is 4.98 Å². The van der Waals surface area contributed by atoms with E-state index >= 15 is 0 Å². The standard InChI is InChI=1S/C11H13N3O2/c15-9-7-11(16)14(8-9)6-5-13-10-3-1-2-4-12-10/h1-4H,5-8H2,(H,12,13). The van der Waals surface area contributed by atoms with Gasteiger partial charge in [0.05, 0.1) is 13.0 Å². The molecule has 1 fully saturated rings. The fraction of sp³-hybridized carbons (Fsp3) is 0.364. The summed E-state index contributed by atoms with van der Waals surface area (Å²) in [4.78, 5) is 28.0. The van der Waals surface area contributed by atoms with Crippen LogP contribution in [-0.4, -0.2) is 41.2 Å². The highest BCUT2D eigenvalue weighted by atomic mass is 16.2. The molecule has 1 aromatic heterocycles. The number of aromatic nitrogens is 1. The van der Waals surface area contributed by atoms with Gasteiger partial charge in [-0.15, -0.1) is 0 Å². The Kier molecular flexibility index (Phi) is 3.14. The van der Waals surface area contributed by atoms with Gasteiger partial charge in [0.1, 0.15) is 5.82 Å². The molecule has 1 N–H and O–H groups in total. The zero-order valence-electron chi connectivity index (χ0n) is 8.85. The third-order valence-corrected chi connectivity index (χ3v) is 2.42. The molecule has 0 atom stereocenters. The number of anilines is 1. The van der Waals surface area contributed by atoms with Gasteiger partial charge in [-0.05, 0) is 12.1 Å². The number of hydrogen-bond donors (Lipinski definition) is 1. The smallest absolute Gasteiger partial charge is 0.230 e. The largest absolute Gasteiger partial charge is 0.368 e. The number of likely N-dealkylation sites (tertiary alicyclic amines) is 1. The Morgan fingerprint density at radius 2 is 2.25 bits per heavy atom.